The van der Waals surface area contributed by atoms with Crippen LogP contribution in [0.25, 0.3) is 0 Å². The Labute approximate surface area is 212 Å². The fourth-order valence-corrected chi connectivity index (χ4v) is 4.24. The molecule has 1 aliphatic heterocycles. The van der Waals surface area contributed by atoms with E-state index in [4.69, 9.17) is 5.11 Å². The third-order valence-electron chi connectivity index (χ3n) is 6.15. The highest BCUT2D eigenvalue weighted by Crippen LogP contribution is 2.29. The van der Waals surface area contributed by atoms with Crippen LogP contribution in [0.3, 0.4) is 0 Å². The number of benzene rings is 1. The van der Waals surface area contributed by atoms with E-state index < -0.39 is 17.7 Å². The Bertz CT molecular complexity index is 1250. The minimum absolute atomic E-state index is 0.0735. The van der Waals surface area contributed by atoms with Crippen molar-refractivity contribution >= 4 is 23.4 Å². The quantitative estimate of drug-likeness (QED) is 0.458. The first-order valence-corrected chi connectivity index (χ1v) is 11.8. The molecule has 1 saturated heterocycles. The molecule has 2 N–H and O–H groups in total. The number of aromatic nitrogens is 4. The zero-order valence-electron chi connectivity index (χ0n) is 20.8. The number of halogens is 3. The molecule has 2 aromatic heterocycles. The topological polar surface area (TPSA) is 107 Å². The van der Waals surface area contributed by atoms with Crippen LogP contribution in [0.5, 0.6) is 0 Å². The van der Waals surface area contributed by atoms with Crippen molar-refractivity contribution in [3.63, 3.8) is 0 Å². The van der Waals surface area contributed by atoms with Crippen LogP contribution in [0.4, 0.5) is 30.8 Å². The van der Waals surface area contributed by atoms with Gasteiger partial charge in [-0.3, -0.25) is 14.7 Å². The van der Waals surface area contributed by atoms with E-state index in [-0.39, 0.29) is 12.2 Å². The van der Waals surface area contributed by atoms with Crippen LogP contribution in [0, 0.1) is 20.8 Å². The fourth-order valence-electron chi connectivity index (χ4n) is 4.24. The summed E-state index contributed by atoms with van der Waals surface area (Å²) in [5.74, 6) is 1.08. The predicted molar refractivity (Wildman–Crippen MR) is 132 cm³/mol. The van der Waals surface area contributed by atoms with Crippen LogP contribution < -0.4 is 10.2 Å². The number of aliphatic hydroxyl groups is 1. The number of carbonyl (C=O) groups excluding carboxylic acids is 1. The number of carbonyl (C=O) groups is 1. The molecule has 1 aromatic carbocycles. The van der Waals surface area contributed by atoms with Gasteiger partial charge in [-0.05, 0) is 56.2 Å². The van der Waals surface area contributed by atoms with Crippen molar-refractivity contribution in [3.05, 3.63) is 64.2 Å². The van der Waals surface area contributed by atoms with Crippen molar-refractivity contribution in [1.82, 2.24) is 24.8 Å². The molecular weight excluding hydrogens is 487 g/mol. The molecule has 1 fully saturated rings. The highest BCUT2D eigenvalue weighted by Gasteiger charge is 2.32. The number of hydrogen-bond acceptors (Lipinski definition) is 9. The van der Waals surface area contributed by atoms with Gasteiger partial charge in [-0.25, -0.2) is 0 Å². The zero-order valence-corrected chi connectivity index (χ0v) is 20.8. The maximum absolute atomic E-state index is 12.9. The molecule has 9 nitrogen and oxygen atoms in total. The van der Waals surface area contributed by atoms with Gasteiger partial charge in [-0.15, -0.1) is 0 Å². The normalized spacial score (nSPS) is 14.6. The highest BCUT2D eigenvalue weighted by molar-refractivity contribution is 6.09. The number of anilines is 3. The van der Waals surface area contributed by atoms with Gasteiger partial charge in [0.1, 0.15) is 11.5 Å². The van der Waals surface area contributed by atoms with Gasteiger partial charge in [-0.1, -0.05) is 0 Å². The minimum Gasteiger partial charge on any atom is -0.395 e. The number of aryl methyl sites for hydroxylation is 3. The fraction of sp³-hybridized carbons (Fsp3) is 0.400. The summed E-state index contributed by atoms with van der Waals surface area (Å²) in [6.07, 6.45) is -3.62. The van der Waals surface area contributed by atoms with Crippen LogP contribution in [0.2, 0.25) is 0 Å². The predicted octanol–water partition coefficient (Wildman–Crippen LogP) is 3.30. The molecule has 0 saturated carbocycles. The number of pyridine rings is 1. The molecule has 37 heavy (non-hydrogen) atoms. The van der Waals surface area contributed by atoms with Crippen molar-refractivity contribution in [2.24, 2.45) is 0 Å². The standard InChI is InChI=1S/C25H28F3N7O2/c1-15-12-19(22(37)18-4-5-20(29-14-18)25(26,27)28)13-16(2)21(15)32-23-30-17(3)31-24(33-23)35-8-6-34(7-9-35)10-11-36/h4-5,12-14,36H,6-11H2,1-3H3,(H,30,31,32,33). The van der Waals surface area contributed by atoms with Crippen LogP contribution >= 0.6 is 0 Å². The summed E-state index contributed by atoms with van der Waals surface area (Å²) < 4.78 is 38.4. The van der Waals surface area contributed by atoms with Gasteiger partial charge in [0.25, 0.3) is 0 Å². The van der Waals surface area contributed by atoms with Crippen molar-refractivity contribution in [2.45, 2.75) is 26.9 Å². The highest BCUT2D eigenvalue weighted by atomic mass is 19.4. The lowest BCUT2D eigenvalue weighted by molar-refractivity contribution is -0.141. The molecule has 1 aliphatic rings. The summed E-state index contributed by atoms with van der Waals surface area (Å²) in [4.78, 5) is 34.0. The molecule has 12 heteroatoms. The first-order chi connectivity index (χ1) is 17.5. The maximum Gasteiger partial charge on any atom is 0.433 e. The number of ketones is 1. The lowest BCUT2D eigenvalue weighted by atomic mass is 9.98. The molecule has 0 aliphatic carbocycles. The summed E-state index contributed by atoms with van der Waals surface area (Å²) in [7, 11) is 0. The van der Waals surface area contributed by atoms with Gasteiger partial charge < -0.3 is 15.3 Å². The molecular formula is C25H28F3N7O2. The number of nitrogens with zero attached hydrogens (tertiary/aromatic N) is 6. The second kappa shape index (κ2) is 10.8. The smallest absolute Gasteiger partial charge is 0.395 e. The van der Waals surface area contributed by atoms with Crippen LogP contribution in [0.15, 0.2) is 30.5 Å². The van der Waals surface area contributed by atoms with Gasteiger partial charge >= 0.3 is 6.18 Å². The van der Waals surface area contributed by atoms with Gasteiger partial charge in [0.2, 0.25) is 11.9 Å². The van der Waals surface area contributed by atoms with E-state index in [2.05, 4.69) is 35.1 Å². The van der Waals surface area contributed by atoms with E-state index in [1.807, 2.05) is 13.8 Å². The maximum atomic E-state index is 12.9. The summed E-state index contributed by atoms with van der Waals surface area (Å²) in [5, 5.41) is 12.4. The lowest BCUT2D eigenvalue weighted by Crippen LogP contribution is -2.47. The monoisotopic (exact) mass is 515 g/mol. The number of alkyl halides is 3. The van der Waals surface area contributed by atoms with E-state index in [0.29, 0.717) is 29.8 Å². The summed E-state index contributed by atoms with van der Waals surface area (Å²) in [6.45, 7) is 9.28. The van der Waals surface area contributed by atoms with Crippen LogP contribution in [-0.4, -0.2) is 75.1 Å². The van der Waals surface area contributed by atoms with Crippen LogP contribution in [0.1, 0.15) is 38.6 Å². The molecule has 0 amide bonds. The first kappa shape index (κ1) is 26.4. The zero-order chi connectivity index (χ0) is 26.7. The lowest BCUT2D eigenvalue weighted by Gasteiger charge is -2.34. The van der Waals surface area contributed by atoms with Crippen LogP contribution in [-0.2, 0) is 6.18 Å². The Kier molecular flexibility index (Phi) is 7.69. The Morgan fingerprint density at radius 3 is 2.24 bits per heavy atom. The van der Waals surface area contributed by atoms with Crippen molar-refractivity contribution in [1.29, 1.82) is 0 Å². The SMILES string of the molecule is Cc1nc(Nc2c(C)cc(C(=O)c3ccc(C(F)(F)F)nc3)cc2C)nc(N2CCN(CCO)CC2)n1. The van der Waals surface area contributed by atoms with E-state index >= 15 is 0 Å². The largest absolute Gasteiger partial charge is 0.433 e. The van der Waals surface area contributed by atoms with Gasteiger partial charge in [0.05, 0.1) is 6.61 Å². The second-order valence-electron chi connectivity index (χ2n) is 8.93. The summed E-state index contributed by atoms with van der Waals surface area (Å²) in [5.41, 5.74) is 1.60. The number of aliphatic hydroxyl groups excluding tert-OH is 1. The van der Waals surface area contributed by atoms with Crippen molar-refractivity contribution < 1.29 is 23.1 Å². The number of rotatable bonds is 7. The number of nitrogens with one attached hydrogen (secondary N) is 1. The van der Waals surface area contributed by atoms with Gasteiger partial charge in [0, 0.05) is 55.7 Å². The molecule has 0 radical (unpaired) electrons. The molecule has 0 spiro atoms. The Hall–Kier alpha value is -3.64. The molecule has 3 heterocycles. The van der Waals surface area contributed by atoms with Crippen molar-refractivity contribution in [3.8, 4) is 0 Å². The Balaban J connectivity index is 1.52. The third kappa shape index (κ3) is 6.20. The van der Waals surface area contributed by atoms with Crippen molar-refractivity contribution in [2.75, 3.05) is 49.5 Å². The molecule has 3 aromatic rings. The minimum atomic E-state index is -4.57. The molecule has 196 valence electrons. The van der Waals surface area contributed by atoms with E-state index in [1.54, 1.807) is 19.1 Å². The molecule has 0 unspecified atom stereocenters. The summed E-state index contributed by atoms with van der Waals surface area (Å²) in [6, 6.07) is 5.28. The van der Waals surface area contributed by atoms with E-state index in [0.717, 1.165) is 61.3 Å². The Morgan fingerprint density at radius 1 is 1.00 bits per heavy atom. The van der Waals surface area contributed by atoms with E-state index in [1.165, 1.54) is 0 Å². The van der Waals surface area contributed by atoms with E-state index in [9.17, 15) is 18.0 Å². The molecule has 0 bridgehead atoms. The average molecular weight is 516 g/mol. The Morgan fingerprint density at radius 2 is 1.68 bits per heavy atom. The van der Waals surface area contributed by atoms with Gasteiger partial charge in [0.15, 0.2) is 5.78 Å². The first-order valence-electron chi connectivity index (χ1n) is 11.8. The number of hydrogen-bond donors (Lipinski definition) is 2. The average Bonchev–Trinajstić information content (AvgIpc) is 2.85. The second-order valence-corrected chi connectivity index (χ2v) is 8.93. The molecule has 0 atom stereocenters. The number of piperazine rings is 1. The summed E-state index contributed by atoms with van der Waals surface area (Å²) >= 11 is 0. The van der Waals surface area contributed by atoms with Gasteiger partial charge in [-0.2, -0.15) is 28.1 Å². The third-order valence-corrected chi connectivity index (χ3v) is 6.15. The molecule has 4 rings (SSSR count). The number of β-amino-alcohol motifs (C(OH)–C–C–N with tert-alkyl or cyclic N) is 1.